The van der Waals surface area contributed by atoms with E-state index in [2.05, 4.69) is 0 Å². The second kappa shape index (κ2) is 10.7. The Morgan fingerprint density at radius 1 is 0.800 bits per heavy atom. The van der Waals surface area contributed by atoms with Gasteiger partial charge in [0, 0.05) is 5.56 Å². The van der Waals surface area contributed by atoms with E-state index < -0.39 is 5.97 Å². The molecule has 0 amide bonds. The largest absolute Gasteiger partial charge is 0.490 e. The van der Waals surface area contributed by atoms with Crippen molar-refractivity contribution < 1.29 is 28.5 Å². The molecule has 0 spiro atoms. The van der Waals surface area contributed by atoms with Crippen LogP contribution in [0, 0.1) is 0 Å². The molecule has 3 aromatic rings. The highest BCUT2D eigenvalue weighted by molar-refractivity contribution is 5.91. The van der Waals surface area contributed by atoms with E-state index in [1.807, 2.05) is 37.3 Å². The van der Waals surface area contributed by atoms with Crippen LogP contribution >= 0.6 is 0 Å². The first-order valence-corrected chi connectivity index (χ1v) is 9.54. The van der Waals surface area contributed by atoms with Crippen LogP contribution < -0.4 is 18.9 Å². The first kappa shape index (κ1) is 20.9. The standard InChI is InChI=1S/C24H22O6/c1-2-27-23-16-18(17-25)8-13-22(23)30-24(26)19-9-11-21(12-10-19)29-15-14-28-20-6-4-3-5-7-20/h3-13,16-17H,2,14-15H2,1H3. The third-order valence-corrected chi connectivity index (χ3v) is 4.06. The summed E-state index contributed by atoms with van der Waals surface area (Å²) >= 11 is 0. The van der Waals surface area contributed by atoms with Crippen molar-refractivity contribution >= 4 is 12.3 Å². The van der Waals surface area contributed by atoms with Crippen LogP contribution in [0.3, 0.4) is 0 Å². The molecular formula is C24H22O6. The lowest BCUT2D eigenvalue weighted by atomic mass is 10.2. The number of rotatable bonds is 10. The molecule has 154 valence electrons. The summed E-state index contributed by atoms with van der Waals surface area (Å²) < 4.78 is 22.1. The maximum Gasteiger partial charge on any atom is 0.343 e. The van der Waals surface area contributed by atoms with Gasteiger partial charge in [0.25, 0.3) is 0 Å². The zero-order valence-electron chi connectivity index (χ0n) is 16.6. The lowest BCUT2D eigenvalue weighted by Crippen LogP contribution is -2.11. The molecule has 0 saturated heterocycles. The van der Waals surface area contributed by atoms with Gasteiger partial charge in [0.2, 0.25) is 0 Å². The third-order valence-electron chi connectivity index (χ3n) is 4.06. The van der Waals surface area contributed by atoms with Crippen molar-refractivity contribution in [2.75, 3.05) is 19.8 Å². The summed E-state index contributed by atoms with van der Waals surface area (Å²) in [4.78, 5) is 23.4. The second-order valence-electron chi connectivity index (χ2n) is 6.18. The van der Waals surface area contributed by atoms with Gasteiger partial charge in [-0.3, -0.25) is 4.79 Å². The average Bonchev–Trinajstić information content (AvgIpc) is 2.79. The predicted octanol–water partition coefficient (Wildman–Crippen LogP) is 4.57. The summed E-state index contributed by atoms with van der Waals surface area (Å²) in [5.41, 5.74) is 0.806. The van der Waals surface area contributed by atoms with E-state index in [1.165, 1.54) is 12.1 Å². The number of para-hydroxylation sites is 1. The Kier molecular flexibility index (Phi) is 7.44. The van der Waals surface area contributed by atoms with Crippen LogP contribution in [-0.2, 0) is 0 Å². The summed E-state index contributed by atoms with van der Waals surface area (Å²) in [6.45, 7) is 2.97. The van der Waals surface area contributed by atoms with Gasteiger partial charge in [0.15, 0.2) is 11.5 Å². The van der Waals surface area contributed by atoms with Crippen LogP contribution in [0.5, 0.6) is 23.0 Å². The number of ether oxygens (including phenoxy) is 4. The van der Waals surface area contributed by atoms with Crippen molar-refractivity contribution in [1.29, 1.82) is 0 Å². The highest BCUT2D eigenvalue weighted by atomic mass is 16.6. The minimum absolute atomic E-state index is 0.255. The molecule has 0 aliphatic heterocycles. The predicted molar refractivity (Wildman–Crippen MR) is 112 cm³/mol. The zero-order valence-corrected chi connectivity index (χ0v) is 16.6. The van der Waals surface area contributed by atoms with Crippen LogP contribution in [0.2, 0.25) is 0 Å². The summed E-state index contributed by atoms with van der Waals surface area (Å²) in [5, 5.41) is 0. The number of aldehydes is 1. The zero-order chi connectivity index (χ0) is 21.2. The molecule has 0 aromatic heterocycles. The molecule has 0 unspecified atom stereocenters. The fraction of sp³-hybridized carbons (Fsp3) is 0.167. The minimum atomic E-state index is -0.534. The maximum absolute atomic E-state index is 12.4. The summed E-state index contributed by atoms with van der Waals surface area (Å²) in [6, 6.07) is 20.8. The molecule has 0 heterocycles. The minimum Gasteiger partial charge on any atom is -0.490 e. The quantitative estimate of drug-likeness (QED) is 0.213. The average molecular weight is 406 g/mol. The van der Waals surface area contributed by atoms with E-state index >= 15 is 0 Å². The molecule has 3 rings (SSSR count). The molecule has 0 saturated carbocycles. The molecule has 30 heavy (non-hydrogen) atoms. The molecule has 6 heteroatoms. The normalized spacial score (nSPS) is 10.2. The molecule has 0 atom stereocenters. The van der Waals surface area contributed by atoms with Gasteiger partial charge in [-0.2, -0.15) is 0 Å². The van der Waals surface area contributed by atoms with Crippen molar-refractivity contribution in [2.45, 2.75) is 6.92 Å². The molecule has 0 bridgehead atoms. The Bertz CT molecular complexity index is 967. The molecular weight excluding hydrogens is 384 g/mol. The lowest BCUT2D eigenvalue weighted by Gasteiger charge is -2.11. The maximum atomic E-state index is 12.4. The van der Waals surface area contributed by atoms with Crippen molar-refractivity contribution in [3.05, 3.63) is 83.9 Å². The molecule has 0 aliphatic carbocycles. The number of benzene rings is 3. The van der Waals surface area contributed by atoms with E-state index in [1.54, 1.807) is 30.3 Å². The smallest absolute Gasteiger partial charge is 0.343 e. The van der Waals surface area contributed by atoms with Gasteiger partial charge in [-0.15, -0.1) is 0 Å². The highest BCUT2D eigenvalue weighted by Crippen LogP contribution is 2.29. The molecule has 0 aliphatic rings. The first-order valence-electron chi connectivity index (χ1n) is 9.54. The summed E-state index contributed by atoms with van der Waals surface area (Å²) in [5.74, 6) is 1.47. The van der Waals surface area contributed by atoms with E-state index in [9.17, 15) is 9.59 Å². The summed E-state index contributed by atoms with van der Waals surface area (Å²) in [7, 11) is 0. The molecule has 0 radical (unpaired) electrons. The van der Waals surface area contributed by atoms with Gasteiger partial charge < -0.3 is 18.9 Å². The Hall–Kier alpha value is -3.80. The van der Waals surface area contributed by atoms with Crippen LogP contribution in [-0.4, -0.2) is 32.1 Å². The van der Waals surface area contributed by atoms with Crippen LogP contribution in [0.1, 0.15) is 27.6 Å². The van der Waals surface area contributed by atoms with Gasteiger partial charge in [-0.25, -0.2) is 4.79 Å². The number of carbonyl (C=O) groups is 2. The highest BCUT2D eigenvalue weighted by Gasteiger charge is 2.13. The number of hydrogen-bond acceptors (Lipinski definition) is 6. The van der Waals surface area contributed by atoms with E-state index in [4.69, 9.17) is 18.9 Å². The van der Waals surface area contributed by atoms with Gasteiger partial charge >= 0.3 is 5.97 Å². The van der Waals surface area contributed by atoms with Crippen molar-refractivity contribution in [3.63, 3.8) is 0 Å². The Balaban J connectivity index is 1.54. The van der Waals surface area contributed by atoms with E-state index in [0.29, 0.717) is 48.7 Å². The Morgan fingerprint density at radius 2 is 1.47 bits per heavy atom. The van der Waals surface area contributed by atoms with Crippen molar-refractivity contribution in [2.24, 2.45) is 0 Å². The second-order valence-corrected chi connectivity index (χ2v) is 6.18. The molecule has 3 aromatic carbocycles. The van der Waals surface area contributed by atoms with Crippen LogP contribution in [0.25, 0.3) is 0 Å². The van der Waals surface area contributed by atoms with Gasteiger partial charge in [0.05, 0.1) is 12.2 Å². The van der Waals surface area contributed by atoms with Gasteiger partial charge in [0.1, 0.15) is 31.0 Å². The molecule has 6 nitrogen and oxygen atoms in total. The Morgan fingerprint density at radius 3 is 2.10 bits per heavy atom. The molecule has 0 fully saturated rings. The monoisotopic (exact) mass is 406 g/mol. The van der Waals surface area contributed by atoms with Gasteiger partial charge in [-0.05, 0) is 61.5 Å². The van der Waals surface area contributed by atoms with Crippen molar-refractivity contribution in [1.82, 2.24) is 0 Å². The number of esters is 1. The van der Waals surface area contributed by atoms with E-state index in [0.717, 1.165) is 5.75 Å². The fourth-order valence-corrected chi connectivity index (χ4v) is 2.63. The van der Waals surface area contributed by atoms with Crippen LogP contribution in [0.15, 0.2) is 72.8 Å². The fourth-order valence-electron chi connectivity index (χ4n) is 2.63. The number of hydrogen-bond donors (Lipinski definition) is 0. The third kappa shape index (κ3) is 5.85. The lowest BCUT2D eigenvalue weighted by molar-refractivity contribution is 0.0728. The Labute approximate surface area is 175 Å². The van der Waals surface area contributed by atoms with Crippen LogP contribution in [0.4, 0.5) is 0 Å². The van der Waals surface area contributed by atoms with Crippen molar-refractivity contribution in [3.8, 4) is 23.0 Å². The first-order chi connectivity index (χ1) is 14.7. The topological polar surface area (TPSA) is 71.1 Å². The SMILES string of the molecule is CCOc1cc(C=O)ccc1OC(=O)c1ccc(OCCOc2ccccc2)cc1. The van der Waals surface area contributed by atoms with Gasteiger partial charge in [-0.1, -0.05) is 18.2 Å². The molecule has 0 N–H and O–H groups in total. The number of carbonyl (C=O) groups excluding carboxylic acids is 2. The summed E-state index contributed by atoms with van der Waals surface area (Å²) in [6.07, 6.45) is 0.706. The van der Waals surface area contributed by atoms with E-state index in [-0.39, 0.29) is 5.75 Å².